The van der Waals surface area contributed by atoms with E-state index in [2.05, 4.69) is 26.1 Å². The van der Waals surface area contributed by atoms with E-state index < -0.39 is 10.7 Å². The van der Waals surface area contributed by atoms with Crippen molar-refractivity contribution in [1.29, 1.82) is 0 Å². The Balaban J connectivity index is 2.25. The highest BCUT2D eigenvalue weighted by Gasteiger charge is 2.13. The van der Waals surface area contributed by atoms with Crippen LogP contribution in [0.5, 0.6) is 10.9 Å². The molecule has 1 heterocycles. The fourth-order valence-electron chi connectivity index (χ4n) is 1.01. The highest BCUT2D eigenvalue weighted by atomic mass is 79.9. The van der Waals surface area contributed by atoms with Crippen molar-refractivity contribution in [1.82, 2.24) is 10.2 Å². The molecular weight excluding hydrogens is 317 g/mol. The number of nitro benzene ring substituents is 1. The molecule has 0 atom stereocenters. The van der Waals surface area contributed by atoms with Gasteiger partial charge in [0.05, 0.1) is 11.0 Å². The number of non-ortho nitro benzene ring substituents is 1. The normalized spacial score (nSPS) is 10.2. The van der Waals surface area contributed by atoms with Crippen LogP contribution in [0.25, 0.3) is 0 Å². The number of halogens is 2. The first-order chi connectivity index (χ1) is 8.06. The third-order valence-corrected chi connectivity index (χ3v) is 2.94. The van der Waals surface area contributed by atoms with Crippen molar-refractivity contribution in [3.05, 3.63) is 38.0 Å². The lowest BCUT2D eigenvalue weighted by molar-refractivity contribution is -0.385. The third-order valence-electron chi connectivity index (χ3n) is 1.71. The van der Waals surface area contributed by atoms with Gasteiger partial charge in [0.15, 0.2) is 15.5 Å². The summed E-state index contributed by atoms with van der Waals surface area (Å²) in [5, 5.41) is 17.8. The molecule has 0 saturated heterocycles. The van der Waals surface area contributed by atoms with Gasteiger partial charge < -0.3 is 4.74 Å². The van der Waals surface area contributed by atoms with E-state index >= 15 is 0 Å². The van der Waals surface area contributed by atoms with Crippen molar-refractivity contribution in [2.75, 3.05) is 0 Å². The third kappa shape index (κ3) is 2.74. The molecule has 2 rings (SSSR count). The molecule has 17 heavy (non-hydrogen) atoms. The van der Waals surface area contributed by atoms with Crippen molar-refractivity contribution in [3.63, 3.8) is 0 Å². The van der Waals surface area contributed by atoms with Crippen LogP contribution in [0.1, 0.15) is 0 Å². The van der Waals surface area contributed by atoms with E-state index in [0.717, 1.165) is 23.5 Å². The lowest BCUT2D eigenvalue weighted by Gasteiger charge is -2.01. The number of nitrogens with zero attached hydrogens (tertiary/aromatic N) is 3. The highest BCUT2D eigenvalue weighted by molar-refractivity contribution is 9.11. The second kappa shape index (κ2) is 4.72. The monoisotopic (exact) mass is 319 g/mol. The number of nitro groups is 1. The Bertz CT molecular complexity index is 577. The van der Waals surface area contributed by atoms with Crippen LogP contribution in [0.2, 0.25) is 0 Å². The molecule has 0 saturated carbocycles. The molecule has 0 fully saturated rings. The number of rotatable bonds is 3. The van der Waals surface area contributed by atoms with E-state index in [1.165, 1.54) is 6.07 Å². The molecule has 2 aromatic rings. The van der Waals surface area contributed by atoms with Gasteiger partial charge in [0, 0.05) is 6.07 Å². The van der Waals surface area contributed by atoms with E-state index in [0.29, 0.717) is 3.92 Å². The van der Waals surface area contributed by atoms with Crippen molar-refractivity contribution in [2.24, 2.45) is 0 Å². The standard InChI is InChI=1S/C8H3BrFN3O3S/c9-7-11-12-8(17-7)16-6-2-1-4(13(14)15)3-5(6)10/h1-3H. The van der Waals surface area contributed by atoms with Gasteiger partial charge in [-0.15, -0.1) is 5.10 Å². The second-order valence-electron chi connectivity index (χ2n) is 2.79. The number of aromatic nitrogens is 2. The van der Waals surface area contributed by atoms with Crippen LogP contribution >= 0.6 is 27.3 Å². The van der Waals surface area contributed by atoms with Crippen molar-refractivity contribution < 1.29 is 14.1 Å². The summed E-state index contributed by atoms with van der Waals surface area (Å²) >= 11 is 4.15. The summed E-state index contributed by atoms with van der Waals surface area (Å²) in [4.78, 5) is 9.71. The second-order valence-corrected chi connectivity index (χ2v) is 5.01. The maximum Gasteiger partial charge on any atom is 0.300 e. The Morgan fingerprint density at radius 2 is 2.24 bits per heavy atom. The van der Waals surface area contributed by atoms with E-state index in [-0.39, 0.29) is 16.6 Å². The summed E-state index contributed by atoms with van der Waals surface area (Å²) in [5.74, 6) is -0.968. The van der Waals surface area contributed by atoms with Gasteiger partial charge >= 0.3 is 0 Å². The van der Waals surface area contributed by atoms with Gasteiger partial charge in [-0.3, -0.25) is 10.1 Å². The molecular formula is C8H3BrFN3O3S. The zero-order valence-electron chi connectivity index (χ0n) is 7.96. The molecule has 1 aromatic carbocycles. The Hall–Kier alpha value is -1.61. The molecule has 0 amide bonds. The van der Waals surface area contributed by atoms with Gasteiger partial charge in [-0.1, -0.05) is 5.10 Å². The molecule has 0 aliphatic rings. The quantitative estimate of drug-likeness (QED) is 0.641. The maximum absolute atomic E-state index is 13.4. The van der Waals surface area contributed by atoms with Crippen LogP contribution in [0.4, 0.5) is 10.1 Å². The Morgan fingerprint density at radius 3 is 2.76 bits per heavy atom. The van der Waals surface area contributed by atoms with Gasteiger partial charge in [0.2, 0.25) is 0 Å². The van der Waals surface area contributed by atoms with E-state index in [9.17, 15) is 14.5 Å². The smallest absolute Gasteiger partial charge is 0.300 e. The van der Waals surface area contributed by atoms with Gasteiger partial charge in [-0.2, -0.15) is 0 Å². The van der Waals surface area contributed by atoms with Gasteiger partial charge in [0.25, 0.3) is 10.9 Å². The molecule has 0 radical (unpaired) electrons. The van der Waals surface area contributed by atoms with E-state index in [1.54, 1.807) is 0 Å². The van der Waals surface area contributed by atoms with Crippen molar-refractivity contribution in [3.8, 4) is 10.9 Å². The van der Waals surface area contributed by atoms with Crippen molar-refractivity contribution in [2.45, 2.75) is 0 Å². The van der Waals surface area contributed by atoms with Gasteiger partial charge in [0.1, 0.15) is 0 Å². The first kappa shape index (κ1) is 11.9. The summed E-state index contributed by atoms with van der Waals surface area (Å²) in [5.41, 5.74) is -0.340. The SMILES string of the molecule is O=[N+]([O-])c1ccc(Oc2nnc(Br)s2)c(F)c1. The molecule has 0 aliphatic heterocycles. The molecule has 6 nitrogen and oxygen atoms in total. The van der Waals surface area contributed by atoms with Crippen LogP contribution in [0, 0.1) is 15.9 Å². The Morgan fingerprint density at radius 1 is 1.47 bits per heavy atom. The Labute approximate surface area is 106 Å². The first-order valence-electron chi connectivity index (χ1n) is 4.17. The maximum atomic E-state index is 13.4. The molecule has 9 heteroatoms. The number of hydrogen-bond acceptors (Lipinski definition) is 6. The van der Waals surface area contributed by atoms with E-state index in [1.807, 2.05) is 0 Å². The highest BCUT2D eigenvalue weighted by Crippen LogP contribution is 2.30. The molecule has 0 spiro atoms. The lowest BCUT2D eigenvalue weighted by atomic mass is 10.3. The Kier molecular flexibility index (Phi) is 3.29. The molecule has 88 valence electrons. The lowest BCUT2D eigenvalue weighted by Crippen LogP contribution is -1.92. The van der Waals surface area contributed by atoms with Crippen LogP contribution in [0.15, 0.2) is 22.1 Å². The first-order valence-corrected chi connectivity index (χ1v) is 5.78. The number of ether oxygens (including phenoxy) is 1. The fourth-order valence-corrected chi connectivity index (χ4v) is 1.95. The average Bonchev–Trinajstić information content (AvgIpc) is 2.67. The minimum Gasteiger partial charge on any atom is -0.427 e. The molecule has 0 aliphatic carbocycles. The van der Waals surface area contributed by atoms with Crippen LogP contribution in [-0.4, -0.2) is 15.1 Å². The molecule has 1 aromatic heterocycles. The van der Waals surface area contributed by atoms with E-state index in [4.69, 9.17) is 4.74 Å². The predicted molar refractivity (Wildman–Crippen MR) is 60.7 cm³/mol. The summed E-state index contributed by atoms with van der Waals surface area (Å²) in [7, 11) is 0. The summed E-state index contributed by atoms with van der Waals surface area (Å²) in [6.07, 6.45) is 0. The predicted octanol–water partition coefficient (Wildman–Crippen LogP) is 3.14. The molecule has 0 unspecified atom stereocenters. The summed E-state index contributed by atoms with van der Waals surface area (Å²) in [6.45, 7) is 0. The topological polar surface area (TPSA) is 78.2 Å². The van der Waals surface area contributed by atoms with Gasteiger partial charge in [-0.25, -0.2) is 4.39 Å². The van der Waals surface area contributed by atoms with Crippen LogP contribution in [0.3, 0.4) is 0 Å². The summed E-state index contributed by atoms with van der Waals surface area (Å²) in [6, 6.07) is 3.10. The minimum atomic E-state index is -0.828. The van der Waals surface area contributed by atoms with Gasteiger partial charge in [-0.05, 0) is 33.3 Å². The molecule has 0 N–H and O–H groups in total. The van der Waals surface area contributed by atoms with Crippen LogP contribution < -0.4 is 4.74 Å². The zero-order chi connectivity index (χ0) is 12.4. The number of hydrogen-bond donors (Lipinski definition) is 0. The summed E-state index contributed by atoms with van der Waals surface area (Å²) < 4.78 is 19.0. The fraction of sp³-hybridized carbons (Fsp3) is 0. The average molecular weight is 320 g/mol. The largest absolute Gasteiger partial charge is 0.427 e. The molecule has 0 bridgehead atoms. The minimum absolute atomic E-state index is 0.140. The zero-order valence-corrected chi connectivity index (χ0v) is 10.4. The van der Waals surface area contributed by atoms with Crippen LogP contribution in [-0.2, 0) is 0 Å². The number of benzene rings is 1. The van der Waals surface area contributed by atoms with Crippen molar-refractivity contribution >= 4 is 33.0 Å².